The first-order valence-electron chi connectivity index (χ1n) is 17.9. The van der Waals surface area contributed by atoms with Crippen molar-refractivity contribution in [2.45, 2.75) is 24.2 Å². The number of fused-ring (bicyclic) bond motifs is 2. The van der Waals surface area contributed by atoms with Crippen molar-refractivity contribution < 1.29 is 20.1 Å². The van der Waals surface area contributed by atoms with E-state index in [1.165, 1.54) is 42.3 Å². The van der Waals surface area contributed by atoms with Crippen LogP contribution in [0.4, 0.5) is 0 Å². The van der Waals surface area contributed by atoms with Crippen molar-refractivity contribution in [3.8, 4) is 50.6 Å². The van der Waals surface area contributed by atoms with Crippen LogP contribution in [-0.4, -0.2) is 27.8 Å². The summed E-state index contributed by atoms with van der Waals surface area (Å²) in [7, 11) is 0. The SMILES string of the molecule is Cc1cc(-c2ccccc2)c(-n2c(-c3[c-]sc4cc[c]([Ge]([CH3])([CH3])[CH3])cc34)nc3ccccc32)c(-c2ccccc2)c1.[Ir].[c-]1ccccc1-c1ccccn1. The first-order valence-corrected chi connectivity index (χ1v) is 26.1. The second-order valence-corrected chi connectivity index (χ2v) is 25.7. The molecule has 0 aliphatic rings. The predicted molar refractivity (Wildman–Crippen MR) is 228 cm³/mol. The van der Waals surface area contributed by atoms with E-state index in [0.717, 1.165) is 39.4 Å². The van der Waals surface area contributed by atoms with Gasteiger partial charge in [-0.25, -0.2) is 0 Å². The summed E-state index contributed by atoms with van der Waals surface area (Å²) in [5.74, 6) is 8.30. The molecule has 0 N–H and O–H groups in total. The van der Waals surface area contributed by atoms with Crippen LogP contribution in [0.1, 0.15) is 5.56 Å². The van der Waals surface area contributed by atoms with Gasteiger partial charge in [-0.3, -0.25) is 0 Å². The maximum Gasteiger partial charge on any atom is 0.0160 e. The molecule has 0 amide bonds. The van der Waals surface area contributed by atoms with Gasteiger partial charge in [0.1, 0.15) is 0 Å². The van der Waals surface area contributed by atoms with E-state index in [4.69, 9.17) is 4.98 Å². The number of benzene rings is 6. The summed E-state index contributed by atoms with van der Waals surface area (Å²) in [6.45, 7) is 2.19. The van der Waals surface area contributed by atoms with E-state index in [2.05, 4.69) is 160 Å². The Kier molecular flexibility index (Phi) is 11.2. The van der Waals surface area contributed by atoms with Crippen molar-refractivity contribution in [3.05, 3.63) is 181 Å². The van der Waals surface area contributed by atoms with Crippen molar-refractivity contribution in [2.24, 2.45) is 0 Å². The third-order valence-corrected chi connectivity index (χ3v) is 14.6. The fourth-order valence-electron chi connectivity index (χ4n) is 6.80. The Labute approximate surface area is 338 Å². The van der Waals surface area contributed by atoms with Crippen LogP contribution in [0.2, 0.25) is 17.3 Å². The monoisotopic (exact) mass is 956 g/mol. The van der Waals surface area contributed by atoms with E-state index in [0.29, 0.717) is 0 Å². The Balaban J connectivity index is 0.000000294. The number of nitrogens with zero attached hydrogens (tertiary/aromatic N) is 3. The Bertz CT molecular complexity index is 2550. The van der Waals surface area contributed by atoms with Crippen LogP contribution in [0.15, 0.2) is 164 Å². The van der Waals surface area contributed by atoms with Gasteiger partial charge in [-0.1, -0.05) is 12.1 Å². The van der Waals surface area contributed by atoms with Crippen LogP contribution in [0.25, 0.3) is 71.7 Å². The quantitative estimate of drug-likeness (QED) is 0.123. The summed E-state index contributed by atoms with van der Waals surface area (Å²) in [4.78, 5) is 9.54. The van der Waals surface area contributed by atoms with E-state index in [1.54, 1.807) is 17.5 Å². The topological polar surface area (TPSA) is 30.7 Å². The molecule has 0 saturated heterocycles. The maximum atomic E-state index is 5.32. The molecule has 0 spiro atoms. The number of thiophene rings is 1. The number of imidazole rings is 1. The van der Waals surface area contributed by atoms with Gasteiger partial charge < -0.3 is 4.98 Å². The van der Waals surface area contributed by atoms with Crippen LogP contribution in [0.3, 0.4) is 0 Å². The molecule has 0 saturated carbocycles. The van der Waals surface area contributed by atoms with Gasteiger partial charge in [0.05, 0.1) is 0 Å². The maximum absolute atomic E-state index is 5.32. The Hall–Kier alpha value is -4.91. The molecule has 267 valence electrons. The molecule has 0 fully saturated rings. The molecule has 6 aromatic carbocycles. The largest absolute Gasteiger partial charge is 0.305 e. The zero-order valence-corrected chi connectivity index (χ0v) is 36.0. The molecule has 3 nitrogen and oxygen atoms in total. The Morgan fingerprint density at radius 3 is 1.94 bits per heavy atom. The van der Waals surface area contributed by atoms with Crippen LogP contribution in [-0.2, 0) is 20.1 Å². The van der Waals surface area contributed by atoms with Crippen molar-refractivity contribution >= 4 is 50.1 Å². The van der Waals surface area contributed by atoms with Crippen LogP contribution < -0.4 is 4.40 Å². The molecular formula is C48H39GeIrN3S-2. The number of aromatic nitrogens is 3. The molecule has 1 radical (unpaired) electrons. The summed E-state index contributed by atoms with van der Waals surface area (Å²) in [6, 6.07) is 58.5. The van der Waals surface area contributed by atoms with Gasteiger partial charge in [0, 0.05) is 26.3 Å². The van der Waals surface area contributed by atoms with E-state index >= 15 is 0 Å². The summed E-state index contributed by atoms with van der Waals surface area (Å²) in [5, 5.41) is 4.94. The molecule has 0 unspecified atom stereocenters. The van der Waals surface area contributed by atoms with Gasteiger partial charge in [0.25, 0.3) is 0 Å². The zero-order chi connectivity index (χ0) is 36.4. The second-order valence-electron chi connectivity index (χ2n) is 14.2. The molecule has 0 atom stereocenters. The minimum Gasteiger partial charge on any atom is -0.305 e. The van der Waals surface area contributed by atoms with Gasteiger partial charge in [-0.2, -0.15) is 0 Å². The van der Waals surface area contributed by atoms with Crippen molar-refractivity contribution in [2.75, 3.05) is 0 Å². The third-order valence-electron chi connectivity index (χ3n) is 9.46. The van der Waals surface area contributed by atoms with Crippen LogP contribution in [0.5, 0.6) is 0 Å². The number of para-hydroxylation sites is 2. The van der Waals surface area contributed by atoms with Crippen LogP contribution >= 0.6 is 11.3 Å². The Morgan fingerprint density at radius 2 is 1.31 bits per heavy atom. The fraction of sp³-hybridized carbons (Fsp3) is 0.0833. The third kappa shape index (κ3) is 7.69. The Morgan fingerprint density at radius 1 is 0.667 bits per heavy atom. The van der Waals surface area contributed by atoms with Crippen molar-refractivity contribution in [3.63, 3.8) is 0 Å². The van der Waals surface area contributed by atoms with Crippen molar-refractivity contribution in [1.29, 1.82) is 0 Å². The van der Waals surface area contributed by atoms with Gasteiger partial charge in [-0.05, 0) is 11.8 Å². The molecule has 6 heteroatoms. The van der Waals surface area contributed by atoms with E-state index in [-0.39, 0.29) is 20.1 Å². The minimum absolute atomic E-state index is 0. The van der Waals surface area contributed by atoms with E-state index in [9.17, 15) is 0 Å². The standard InChI is InChI=1S/C37H31GeN2S.C11H8N.Ir/c1-25-21-29(26-13-7-5-8-14-26)36(30(22-25)27-15-9-6-10-16-27)40-34-18-12-11-17-33(34)39-37(40)32-24-41-35-20-19-28(23-31(32)35)38(2,3)4;1-2-6-10(7-3-1)11-8-4-5-9-12-11;/h5-23H,1-4H3;1-6,8-9H;/q2*-1;. The first kappa shape index (κ1) is 37.4. The normalized spacial score (nSPS) is 11.2. The van der Waals surface area contributed by atoms with Gasteiger partial charge in [0.2, 0.25) is 0 Å². The first-order chi connectivity index (χ1) is 25.8. The van der Waals surface area contributed by atoms with Crippen molar-refractivity contribution in [1.82, 2.24) is 14.5 Å². The smallest absolute Gasteiger partial charge is 0.0160 e. The van der Waals surface area contributed by atoms with Gasteiger partial charge in [0.15, 0.2) is 0 Å². The molecule has 3 aromatic heterocycles. The van der Waals surface area contributed by atoms with Gasteiger partial charge >= 0.3 is 249 Å². The molecule has 0 aliphatic heterocycles. The molecule has 54 heavy (non-hydrogen) atoms. The molecule has 0 bridgehead atoms. The average molecular weight is 955 g/mol. The van der Waals surface area contributed by atoms with E-state index < -0.39 is 13.3 Å². The zero-order valence-electron chi connectivity index (χ0n) is 30.7. The summed E-state index contributed by atoms with van der Waals surface area (Å²) in [6.07, 6.45) is 1.79. The van der Waals surface area contributed by atoms with Gasteiger partial charge in [-0.15, -0.1) is 35.9 Å². The fourth-order valence-corrected chi connectivity index (χ4v) is 10.1. The van der Waals surface area contributed by atoms with Crippen LogP contribution in [0, 0.1) is 18.4 Å². The average Bonchev–Trinajstić information content (AvgIpc) is 3.80. The number of aryl methyl sites for hydroxylation is 1. The molecule has 3 heterocycles. The second kappa shape index (κ2) is 16.2. The summed E-state index contributed by atoms with van der Waals surface area (Å²) < 4.78 is 5.14. The number of hydrogen-bond donors (Lipinski definition) is 0. The minimum atomic E-state index is -2.05. The number of pyridine rings is 1. The molecule has 9 rings (SSSR count). The predicted octanol–water partition coefficient (Wildman–Crippen LogP) is 12.4. The molecule has 9 aromatic rings. The summed E-state index contributed by atoms with van der Waals surface area (Å²) >= 11 is -0.362. The number of rotatable bonds is 6. The molecule has 0 aliphatic carbocycles. The number of hydrogen-bond acceptors (Lipinski definition) is 3. The summed E-state index contributed by atoms with van der Waals surface area (Å²) in [5.41, 5.74) is 12.3. The molecular weight excluding hydrogens is 915 g/mol. The van der Waals surface area contributed by atoms with E-state index in [1.807, 2.05) is 42.5 Å².